The molecule has 0 radical (unpaired) electrons. The molecule has 1 unspecified atom stereocenters. The summed E-state index contributed by atoms with van der Waals surface area (Å²) in [5.74, 6) is 2.07. The van der Waals surface area contributed by atoms with Crippen LogP contribution in [0.25, 0.3) is 0 Å². The molecule has 0 aliphatic rings. The van der Waals surface area contributed by atoms with Crippen molar-refractivity contribution in [2.75, 3.05) is 13.2 Å². The van der Waals surface area contributed by atoms with Crippen LogP contribution in [0.3, 0.4) is 0 Å². The molecule has 1 atom stereocenters. The molecular formula is C18H27N3O3. The molecule has 2 rings (SSSR count). The van der Waals surface area contributed by atoms with Crippen molar-refractivity contribution in [1.82, 2.24) is 15.5 Å². The van der Waals surface area contributed by atoms with E-state index in [2.05, 4.69) is 36.2 Å². The number of β-amino-alcohol motifs (C(OH)–C–C–N with tert-alkyl or cyclic N) is 1. The van der Waals surface area contributed by atoms with Crippen LogP contribution in [0, 0.1) is 6.92 Å². The summed E-state index contributed by atoms with van der Waals surface area (Å²) in [5.41, 5.74) is 1.17. The Bertz CT molecular complexity index is 617. The van der Waals surface area contributed by atoms with E-state index in [1.54, 1.807) is 6.92 Å². The fraction of sp³-hybridized carbons (Fsp3) is 0.556. The third-order valence-electron chi connectivity index (χ3n) is 3.44. The summed E-state index contributed by atoms with van der Waals surface area (Å²) in [5, 5.41) is 17.1. The van der Waals surface area contributed by atoms with Gasteiger partial charge in [0.05, 0.1) is 0 Å². The van der Waals surface area contributed by atoms with E-state index >= 15 is 0 Å². The summed E-state index contributed by atoms with van der Waals surface area (Å²) in [7, 11) is 0. The SMILES string of the molecule is Cc1nc(CCc2ccc(OCC(O)CNC(C)(C)C)cc2)no1. The largest absolute Gasteiger partial charge is 0.491 e. The molecule has 0 aliphatic heterocycles. The molecule has 6 heteroatoms. The van der Waals surface area contributed by atoms with Crippen molar-refractivity contribution >= 4 is 0 Å². The Balaban J connectivity index is 1.73. The van der Waals surface area contributed by atoms with Gasteiger partial charge in [-0.2, -0.15) is 4.98 Å². The fourth-order valence-electron chi connectivity index (χ4n) is 2.13. The number of ether oxygens (including phenoxy) is 1. The average Bonchev–Trinajstić information content (AvgIpc) is 2.95. The van der Waals surface area contributed by atoms with Crippen molar-refractivity contribution in [1.29, 1.82) is 0 Å². The summed E-state index contributed by atoms with van der Waals surface area (Å²) in [4.78, 5) is 4.19. The Hall–Kier alpha value is -1.92. The minimum absolute atomic E-state index is 0.0140. The molecule has 2 N–H and O–H groups in total. The maximum atomic E-state index is 9.93. The van der Waals surface area contributed by atoms with Gasteiger partial charge in [0, 0.05) is 25.4 Å². The topological polar surface area (TPSA) is 80.4 Å². The third kappa shape index (κ3) is 6.68. The van der Waals surface area contributed by atoms with E-state index in [1.807, 2.05) is 24.3 Å². The number of aliphatic hydroxyl groups excluding tert-OH is 1. The van der Waals surface area contributed by atoms with Crippen LogP contribution in [0.2, 0.25) is 0 Å². The first-order valence-electron chi connectivity index (χ1n) is 8.26. The molecule has 6 nitrogen and oxygen atoms in total. The number of aliphatic hydroxyl groups is 1. The molecule has 1 heterocycles. The predicted molar refractivity (Wildman–Crippen MR) is 92.1 cm³/mol. The molecule has 2 aromatic rings. The Kier molecular flexibility index (Phi) is 6.34. The van der Waals surface area contributed by atoms with Crippen LogP contribution < -0.4 is 10.1 Å². The second-order valence-corrected chi connectivity index (χ2v) is 6.97. The zero-order valence-electron chi connectivity index (χ0n) is 14.9. The maximum Gasteiger partial charge on any atom is 0.223 e. The van der Waals surface area contributed by atoms with Crippen LogP contribution in [0.1, 0.15) is 38.0 Å². The van der Waals surface area contributed by atoms with Gasteiger partial charge in [-0.15, -0.1) is 0 Å². The van der Waals surface area contributed by atoms with E-state index in [1.165, 1.54) is 5.56 Å². The Labute approximate surface area is 143 Å². The lowest BCUT2D eigenvalue weighted by atomic mass is 10.1. The highest BCUT2D eigenvalue weighted by molar-refractivity contribution is 5.27. The molecule has 0 saturated carbocycles. The van der Waals surface area contributed by atoms with Gasteiger partial charge in [0.1, 0.15) is 18.5 Å². The molecule has 24 heavy (non-hydrogen) atoms. The molecule has 132 valence electrons. The average molecular weight is 333 g/mol. The summed E-state index contributed by atoms with van der Waals surface area (Å²) in [6.45, 7) is 8.75. The quantitative estimate of drug-likeness (QED) is 0.771. The first-order valence-corrected chi connectivity index (χ1v) is 8.26. The number of nitrogens with zero attached hydrogens (tertiary/aromatic N) is 2. The van der Waals surface area contributed by atoms with Gasteiger partial charge in [-0.3, -0.25) is 0 Å². The number of hydrogen-bond acceptors (Lipinski definition) is 6. The molecule has 1 aromatic carbocycles. The van der Waals surface area contributed by atoms with Crippen LogP contribution >= 0.6 is 0 Å². The minimum Gasteiger partial charge on any atom is -0.491 e. The molecule has 0 amide bonds. The number of rotatable bonds is 8. The highest BCUT2D eigenvalue weighted by Gasteiger charge is 2.12. The number of aryl methyl sites for hydroxylation is 3. The fourth-order valence-corrected chi connectivity index (χ4v) is 2.13. The second kappa shape index (κ2) is 8.26. The normalized spacial score (nSPS) is 13.0. The minimum atomic E-state index is -0.537. The van der Waals surface area contributed by atoms with Crippen LogP contribution in [0.4, 0.5) is 0 Å². The molecule has 0 aliphatic carbocycles. The predicted octanol–water partition coefficient (Wildman–Crippen LogP) is 2.29. The van der Waals surface area contributed by atoms with E-state index in [0.717, 1.165) is 24.4 Å². The smallest absolute Gasteiger partial charge is 0.223 e. The summed E-state index contributed by atoms with van der Waals surface area (Å²) >= 11 is 0. The summed E-state index contributed by atoms with van der Waals surface area (Å²) in [6.07, 6.45) is 1.05. The first kappa shape index (κ1) is 18.4. The van der Waals surface area contributed by atoms with E-state index < -0.39 is 6.10 Å². The maximum absolute atomic E-state index is 9.93. The van der Waals surface area contributed by atoms with Crippen LogP contribution in [-0.2, 0) is 12.8 Å². The van der Waals surface area contributed by atoms with Gasteiger partial charge in [-0.25, -0.2) is 0 Å². The number of aromatic nitrogens is 2. The van der Waals surface area contributed by atoms with Gasteiger partial charge >= 0.3 is 0 Å². The number of hydrogen-bond donors (Lipinski definition) is 2. The monoisotopic (exact) mass is 333 g/mol. The molecule has 0 fully saturated rings. The molecule has 0 bridgehead atoms. The van der Waals surface area contributed by atoms with Crippen LogP contribution in [0.5, 0.6) is 5.75 Å². The van der Waals surface area contributed by atoms with Crippen molar-refractivity contribution in [3.05, 3.63) is 41.5 Å². The highest BCUT2D eigenvalue weighted by atomic mass is 16.5. The molecule has 0 saturated heterocycles. The molecule has 1 aromatic heterocycles. The van der Waals surface area contributed by atoms with E-state index in [0.29, 0.717) is 12.4 Å². The summed E-state index contributed by atoms with van der Waals surface area (Å²) < 4.78 is 10.6. The van der Waals surface area contributed by atoms with Crippen LogP contribution in [0.15, 0.2) is 28.8 Å². The number of nitrogens with one attached hydrogen (secondary N) is 1. The summed E-state index contributed by atoms with van der Waals surface area (Å²) in [6, 6.07) is 7.87. The van der Waals surface area contributed by atoms with Crippen molar-refractivity contribution in [3.8, 4) is 5.75 Å². The zero-order chi connectivity index (χ0) is 17.6. The van der Waals surface area contributed by atoms with Gasteiger partial charge < -0.3 is 19.7 Å². The van der Waals surface area contributed by atoms with Gasteiger partial charge in [0.2, 0.25) is 5.89 Å². The first-order chi connectivity index (χ1) is 11.3. The van der Waals surface area contributed by atoms with Crippen LogP contribution in [-0.4, -0.2) is 40.0 Å². The van der Waals surface area contributed by atoms with Gasteiger partial charge in [0.25, 0.3) is 0 Å². The highest BCUT2D eigenvalue weighted by Crippen LogP contribution is 2.14. The standard InChI is InChI=1S/C18H27N3O3/c1-13-20-17(21-24-13)10-7-14-5-8-16(9-6-14)23-12-15(22)11-19-18(2,3)4/h5-6,8-9,15,19,22H,7,10-12H2,1-4H3. The lowest BCUT2D eigenvalue weighted by molar-refractivity contribution is 0.100. The van der Waals surface area contributed by atoms with Crippen molar-refractivity contribution < 1.29 is 14.4 Å². The van der Waals surface area contributed by atoms with Crippen molar-refractivity contribution in [2.24, 2.45) is 0 Å². The number of benzene rings is 1. The molecular weight excluding hydrogens is 306 g/mol. The van der Waals surface area contributed by atoms with E-state index in [9.17, 15) is 5.11 Å². The zero-order valence-corrected chi connectivity index (χ0v) is 14.9. The molecule has 0 spiro atoms. The lowest BCUT2D eigenvalue weighted by Gasteiger charge is -2.23. The van der Waals surface area contributed by atoms with Crippen molar-refractivity contribution in [3.63, 3.8) is 0 Å². The van der Waals surface area contributed by atoms with E-state index in [4.69, 9.17) is 9.26 Å². The third-order valence-corrected chi connectivity index (χ3v) is 3.44. The van der Waals surface area contributed by atoms with Crippen molar-refractivity contribution in [2.45, 2.75) is 52.2 Å². The second-order valence-electron chi connectivity index (χ2n) is 6.97. The van der Waals surface area contributed by atoms with Gasteiger partial charge in [-0.05, 0) is 44.9 Å². The Morgan fingerprint density at radius 1 is 1.21 bits per heavy atom. The lowest BCUT2D eigenvalue weighted by Crippen LogP contribution is -2.42. The van der Waals surface area contributed by atoms with E-state index in [-0.39, 0.29) is 12.1 Å². The Morgan fingerprint density at radius 3 is 2.50 bits per heavy atom. The Morgan fingerprint density at radius 2 is 1.92 bits per heavy atom. The van der Waals surface area contributed by atoms with Gasteiger partial charge in [0.15, 0.2) is 5.82 Å². The van der Waals surface area contributed by atoms with Gasteiger partial charge in [-0.1, -0.05) is 17.3 Å².